The van der Waals surface area contributed by atoms with Gasteiger partial charge in [-0.3, -0.25) is 4.79 Å². The molecule has 29 heavy (non-hydrogen) atoms. The zero-order valence-corrected chi connectivity index (χ0v) is 18.4. The second-order valence-electron chi connectivity index (χ2n) is 7.55. The van der Waals surface area contributed by atoms with E-state index >= 15 is 0 Å². The van der Waals surface area contributed by atoms with Crippen molar-refractivity contribution in [2.45, 2.75) is 78.1 Å². The highest BCUT2D eigenvalue weighted by Gasteiger charge is 2.15. The molecular weight excluding hydrogens is 366 g/mol. The van der Waals surface area contributed by atoms with Crippen molar-refractivity contribution in [1.29, 1.82) is 0 Å². The van der Waals surface area contributed by atoms with E-state index in [2.05, 4.69) is 18.8 Å². The number of nitrogens with one attached hydrogen (secondary N) is 1. The molecule has 1 heterocycles. The summed E-state index contributed by atoms with van der Waals surface area (Å²) >= 11 is 0. The summed E-state index contributed by atoms with van der Waals surface area (Å²) in [5.41, 5.74) is 0.427. The van der Waals surface area contributed by atoms with E-state index in [1.165, 1.54) is 52.1 Å². The number of aromatic amines is 1. The van der Waals surface area contributed by atoms with Gasteiger partial charge in [-0.15, -0.1) is 0 Å². The monoisotopic (exact) mass is 403 g/mol. The Morgan fingerprint density at radius 2 is 1.41 bits per heavy atom. The van der Waals surface area contributed by atoms with Crippen molar-refractivity contribution in [3.05, 3.63) is 28.6 Å². The summed E-state index contributed by atoms with van der Waals surface area (Å²) in [6, 6.07) is 5.74. The number of pyridine rings is 1. The van der Waals surface area contributed by atoms with Gasteiger partial charge in [-0.25, -0.2) is 0 Å². The van der Waals surface area contributed by atoms with Crippen molar-refractivity contribution in [1.82, 2.24) is 4.98 Å². The van der Waals surface area contributed by atoms with Gasteiger partial charge in [-0.1, -0.05) is 65.2 Å². The highest BCUT2D eigenvalue weighted by molar-refractivity contribution is 5.88. The Kier molecular flexibility index (Phi) is 10.5. The number of methoxy groups -OCH3 is 1. The predicted molar refractivity (Wildman–Crippen MR) is 120 cm³/mol. The first kappa shape index (κ1) is 23.1. The Bertz CT molecular complexity index is 784. The molecule has 0 fully saturated rings. The van der Waals surface area contributed by atoms with Gasteiger partial charge in [0.15, 0.2) is 5.75 Å². The lowest BCUT2D eigenvalue weighted by molar-refractivity contribution is 0.286. The van der Waals surface area contributed by atoms with Gasteiger partial charge in [0, 0.05) is 11.5 Å². The minimum Gasteiger partial charge on any atom is -0.494 e. The minimum absolute atomic E-state index is 0.230. The van der Waals surface area contributed by atoms with Crippen molar-refractivity contribution in [3.63, 3.8) is 0 Å². The SMILES string of the molecule is CCCCCCCCOc1ccc2c(OCCCCCC)c(OC)c(=O)[nH]c2c1. The van der Waals surface area contributed by atoms with Crippen molar-refractivity contribution in [2.24, 2.45) is 0 Å². The largest absolute Gasteiger partial charge is 0.494 e. The fourth-order valence-corrected chi connectivity index (χ4v) is 3.42. The molecule has 1 aromatic heterocycles. The molecule has 5 nitrogen and oxygen atoms in total. The van der Waals surface area contributed by atoms with E-state index < -0.39 is 0 Å². The summed E-state index contributed by atoms with van der Waals surface area (Å²) in [7, 11) is 1.50. The van der Waals surface area contributed by atoms with Gasteiger partial charge in [0.25, 0.3) is 5.56 Å². The number of H-pyrrole nitrogens is 1. The minimum atomic E-state index is -0.281. The zero-order chi connectivity index (χ0) is 20.9. The molecule has 1 N–H and O–H groups in total. The molecule has 2 rings (SSSR count). The molecular formula is C24H37NO4. The van der Waals surface area contributed by atoms with Crippen LogP contribution in [-0.4, -0.2) is 25.3 Å². The Morgan fingerprint density at radius 3 is 2.10 bits per heavy atom. The number of hydrogen-bond acceptors (Lipinski definition) is 4. The average molecular weight is 404 g/mol. The molecule has 5 heteroatoms. The molecule has 0 spiro atoms. The van der Waals surface area contributed by atoms with Crippen LogP contribution < -0.4 is 19.8 Å². The number of benzene rings is 1. The fourth-order valence-electron chi connectivity index (χ4n) is 3.42. The first-order valence-electron chi connectivity index (χ1n) is 11.2. The quantitative estimate of drug-likeness (QED) is 0.358. The summed E-state index contributed by atoms with van der Waals surface area (Å²) in [5.74, 6) is 1.51. The van der Waals surface area contributed by atoms with Crippen molar-refractivity contribution < 1.29 is 14.2 Å². The van der Waals surface area contributed by atoms with E-state index in [0.717, 1.165) is 30.4 Å². The molecule has 0 aliphatic heterocycles. The Balaban J connectivity index is 2.02. The summed E-state index contributed by atoms with van der Waals surface area (Å²) < 4.78 is 17.2. The zero-order valence-electron chi connectivity index (χ0n) is 18.4. The Labute approximate surface area is 174 Å². The molecule has 0 aliphatic rings. The lowest BCUT2D eigenvalue weighted by atomic mass is 10.1. The van der Waals surface area contributed by atoms with Gasteiger partial charge in [0.1, 0.15) is 5.75 Å². The Morgan fingerprint density at radius 1 is 0.793 bits per heavy atom. The van der Waals surface area contributed by atoms with Gasteiger partial charge in [0.05, 0.1) is 25.8 Å². The molecule has 0 saturated heterocycles. The third-order valence-corrected chi connectivity index (χ3v) is 5.11. The summed E-state index contributed by atoms with van der Waals surface area (Å²) in [6.45, 7) is 5.68. The molecule has 162 valence electrons. The van der Waals surface area contributed by atoms with Crippen LogP contribution in [0.1, 0.15) is 78.1 Å². The summed E-state index contributed by atoms with van der Waals surface area (Å²) in [4.78, 5) is 15.3. The lowest BCUT2D eigenvalue weighted by Crippen LogP contribution is -2.12. The normalized spacial score (nSPS) is 11.0. The molecule has 0 bridgehead atoms. The van der Waals surface area contributed by atoms with Crippen molar-refractivity contribution in [2.75, 3.05) is 20.3 Å². The van der Waals surface area contributed by atoms with Crippen LogP contribution in [0.5, 0.6) is 17.2 Å². The van der Waals surface area contributed by atoms with Crippen LogP contribution >= 0.6 is 0 Å². The molecule has 0 aliphatic carbocycles. The fraction of sp³-hybridized carbons (Fsp3) is 0.625. The molecule has 0 saturated carbocycles. The maximum Gasteiger partial charge on any atom is 0.294 e. The van der Waals surface area contributed by atoms with Crippen molar-refractivity contribution >= 4 is 10.9 Å². The maximum absolute atomic E-state index is 12.4. The maximum atomic E-state index is 12.4. The highest BCUT2D eigenvalue weighted by atomic mass is 16.5. The smallest absolute Gasteiger partial charge is 0.294 e. The molecule has 0 unspecified atom stereocenters. The van der Waals surface area contributed by atoms with Gasteiger partial charge in [0.2, 0.25) is 5.75 Å². The van der Waals surface area contributed by atoms with E-state index in [-0.39, 0.29) is 11.3 Å². The number of unbranched alkanes of at least 4 members (excludes halogenated alkanes) is 8. The second-order valence-corrected chi connectivity index (χ2v) is 7.55. The van der Waals surface area contributed by atoms with Gasteiger partial charge < -0.3 is 19.2 Å². The van der Waals surface area contributed by atoms with E-state index in [4.69, 9.17) is 14.2 Å². The van der Waals surface area contributed by atoms with Crippen LogP contribution in [0, 0.1) is 0 Å². The van der Waals surface area contributed by atoms with Crippen LogP contribution in [0.4, 0.5) is 0 Å². The summed E-state index contributed by atoms with van der Waals surface area (Å²) in [6.07, 6.45) is 11.8. The van der Waals surface area contributed by atoms with Crippen LogP contribution in [0.25, 0.3) is 10.9 Å². The van der Waals surface area contributed by atoms with E-state index in [0.29, 0.717) is 24.5 Å². The number of hydrogen-bond donors (Lipinski definition) is 1. The third kappa shape index (κ3) is 7.30. The van der Waals surface area contributed by atoms with Gasteiger partial charge >= 0.3 is 0 Å². The third-order valence-electron chi connectivity index (χ3n) is 5.11. The molecule has 1 aromatic carbocycles. The number of ether oxygens (including phenoxy) is 3. The Hall–Kier alpha value is -2.17. The van der Waals surface area contributed by atoms with Crippen LogP contribution in [0.15, 0.2) is 23.0 Å². The summed E-state index contributed by atoms with van der Waals surface area (Å²) in [5, 5.41) is 0.837. The number of aromatic nitrogens is 1. The standard InChI is InChI=1S/C24H37NO4/c1-4-6-8-10-11-13-16-28-19-14-15-20-21(18-19)25-24(26)23(27-3)22(20)29-17-12-9-7-5-2/h14-15,18H,4-13,16-17H2,1-3H3,(H,25,26). The van der Waals surface area contributed by atoms with Crippen LogP contribution in [0.2, 0.25) is 0 Å². The first-order chi connectivity index (χ1) is 14.2. The van der Waals surface area contributed by atoms with E-state index in [1.807, 2.05) is 18.2 Å². The molecule has 0 amide bonds. The molecule has 2 aromatic rings. The van der Waals surface area contributed by atoms with Gasteiger partial charge in [-0.2, -0.15) is 0 Å². The van der Waals surface area contributed by atoms with Crippen molar-refractivity contribution in [3.8, 4) is 17.2 Å². The van der Waals surface area contributed by atoms with Crippen LogP contribution in [-0.2, 0) is 0 Å². The molecule has 0 radical (unpaired) electrons. The lowest BCUT2D eigenvalue weighted by Gasteiger charge is -2.14. The van der Waals surface area contributed by atoms with E-state index in [1.54, 1.807) is 0 Å². The average Bonchev–Trinajstić information content (AvgIpc) is 2.72. The predicted octanol–water partition coefficient (Wildman–Crippen LogP) is 6.24. The van der Waals surface area contributed by atoms with Gasteiger partial charge in [-0.05, 0) is 25.0 Å². The number of fused-ring (bicyclic) bond motifs is 1. The highest BCUT2D eigenvalue weighted by Crippen LogP contribution is 2.33. The second kappa shape index (κ2) is 13.1. The number of rotatable bonds is 15. The topological polar surface area (TPSA) is 60.6 Å². The first-order valence-corrected chi connectivity index (χ1v) is 11.2. The van der Waals surface area contributed by atoms with Crippen LogP contribution in [0.3, 0.4) is 0 Å². The van der Waals surface area contributed by atoms with E-state index in [9.17, 15) is 4.79 Å². The molecule has 0 atom stereocenters.